The molecule has 0 bridgehead atoms. The summed E-state index contributed by atoms with van der Waals surface area (Å²) in [6, 6.07) is 5.90. The Kier molecular flexibility index (Phi) is 5.51. The first-order valence-electron chi connectivity index (χ1n) is 10.8. The van der Waals surface area contributed by atoms with Crippen molar-refractivity contribution in [2.24, 2.45) is 11.3 Å². The first-order chi connectivity index (χ1) is 14.3. The SMILES string of the molecule is COc1ccc(C2CCCN2C(=O)c2noc3c2CC(C(C)(C)C)CC3)cc1OC. The number of carbonyl (C=O) groups excluding carboxylic acids is 1. The minimum absolute atomic E-state index is 0.00617. The molecule has 1 fully saturated rings. The largest absolute Gasteiger partial charge is 0.493 e. The van der Waals surface area contributed by atoms with Crippen LogP contribution < -0.4 is 9.47 Å². The van der Waals surface area contributed by atoms with Crippen LogP contribution in [0.5, 0.6) is 11.5 Å². The Morgan fingerprint density at radius 3 is 2.63 bits per heavy atom. The van der Waals surface area contributed by atoms with Crippen LogP contribution in [0.3, 0.4) is 0 Å². The van der Waals surface area contributed by atoms with Crippen LogP contribution in [0.4, 0.5) is 0 Å². The highest BCUT2D eigenvalue weighted by Crippen LogP contribution is 2.41. The third kappa shape index (κ3) is 3.68. The normalized spacial score (nSPS) is 21.4. The summed E-state index contributed by atoms with van der Waals surface area (Å²) in [5.74, 6) is 2.76. The molecule has 2 aromatic rings. The fourth-order valence-corrected chi connectivity index (χ4v) is 4.86. The summed E-state index contributed by atoms with van der Waals surface area (Å²) >= 11 is 0. The minimum Gasteiger partial charge on any atom is -0.493 e. The quantitative estimate of drug-likeness (QED) is 0.720. The van der Waals surface area contributed by atoms with Gasteiger partial charge in [-0.3, -0.25) is 4.79 Å². The number of aromatic nitrogens is 1. The van der Waals surface area contributed by atoms with Gasteiger partial charge in [0.1, 0.15) is 5.76 Å². The number of methoxy groups -OCH3 is 2. The maximum absolute atomic E-state index is 13.5. The molecule has 0 saturated carbocycles. The third-order valence-corrected chi connectivity index (χ3v) is 6.77. The maximum atomic E-state index is 13.5. The molecule has 2 aliphatic rings. The zero-order valence-electron chi connectivity index (χ0n) is 18.7. The van der Waals surface area contributed by atoms with Gasteiger partial charge in [0.2, 0.25) is 0 Å². The van der Waals surface area contributed by atoms with E-state index in [4.69, 9.17) is 14.0 Å². The van der Waals surface area contributed by atoms with Gasteiger partial charge in [-0.05, 0) is 54.7 Å². The number of hydrogen-bond donors (Lipinski definition) is 0. The smallest absolute Gasteiger partial charge is 0.276 e. The molecule has 0 N–H and O–H groups in total. The van der Waals surface area contributed by atoms with Crippen molar-refractivity contribution in [2.45, 2.75) is 58.9 Å². The highest BCUT2D eigenvalue weighted by molar-refractivity contribution is 5.94. The van der Waals surface area contributed by atoms with E-state index in [1.165, 1.54) is 0 Å². The van der Waals surface area contributed by atoms with E-state index < -0.39 is 0 Å². The zero-order chi connectivity index (χ0) is 21.5. The van der Waals surface area contributed by atoms with Crippen LogP contribution in [0, 0.1) is 11.3 Å². The highest BCUT2D eigenvalue weighted by Gasteiger charge is 2.38. The Labute approximate surface area is 178 Å². The second kappa shape index (κ2) is 7.97. The number of benzene rings is 1. The summed E-state index contributed by atoms with van der Waals surface area (Å²) in [7, 11) is 3.26. The van der Waals surface area contributed by atoms with Crippen molar-refractivity contribution >= 4 is 5.91 Å². The molecule has 4 rings (SSSR count). The van der Waals surface area contributed by atoms with Crippen LogP contribution in [0.15, 0.2) is 22.7 Å². The van der Waals surface area contributed by atoms with Gasteiger partial charge in [0, 0.05) is 18.5 Å². The molecule has 6 nitrogen and oxygen atoms in total. The summed E-state index contributed by atoms with van der Waals surface area (Å²) in [5, 5.41) is 4.24. The van der Waals surface area contributed by atoms with Crippen LogP contribution in [-0.4, -0.2) is 36.7 Å². The number of rotatable bonds is 4. The van der Waals surface area contributed by atoms with Gasteiger partial charge in [-0.2, -0.15) is 0 Å². The van der Waals surface area contributed by atoms with Crippen LogP contribution in [0.25, 0.3) is 0 Å². The van der Waals surface area contributed by atoms with Crippen molar-refractivity contribution < 1.29 is 18.8 Å². The zero-order valence-corrected chi connectivity index (χ0v) is 18.7. The number of aryl methyl sites for hydroxylation is 1. The average Bonchev–Trinajstić information content (AvgIpc) is 3.39. The van der Waals surface area contributed by atoms with E-state index in [0.29, 0.717) is 23.1 Å². The topological polar surface area (TPSA) is 64.8 Å². The first-order valence-corrected chi connectivity index (χ1v) is 10.8. The number of hydrogen-bond acceptors (Lipinski definition) is 5. The molecular formula is C24H32N2O4. The van der Waals surface area contributed by atoms with Crippen molar-refractivity contribution in [3.05, 3.63) is 40.8 Å². The van der Waals surface area contributed by atoms with Gasteiger partial charge in [0.25, 0.3) is 5.91 Å². The monoisotopic (exact) mass is 412 g/mol. The Morgan fingerprint density at radius 1 is 1.17 bits per heavy atom. The number of amides is 1. The lowest BCUT2D eigenvalue weighted by Crippen LogP contribution is -2.33. The van der Waals surface area contributed by atoms with Crippen LogP contribution in [0.2, 0.25) is 0 Å². The van der Waals surface area contributed by atoms with Crippen molar-refractivity contribution in [1.29, 1.82) is 0 Å². The lowest BCUT2D eigenvalue weighted by molar-refractivity contribution is 0.0723. The molecule has 1 saturated heterocycles. The number of fused-ring (bicyclic) bond motifs is 1. The Balaban J connectivity index is 1.61. The van der Waals surface area contributed by atoms with Crippen LogP contribution in [-0.2, 0) is 12.8 Å². The van der Waals surface area contributed by atoms with Crippen molar-refractivity contribution in [1.82, 2.24) is 10.1 Å². The van der Waals surface area contributed by atoms with E-state index in [2.05, 4.69) is 25.9 Å². The molecule has 2 atom stereocenters. The van der Waals surface area contributed by atoms with Crippen LogP contribution in [0.1, 0.15) is 73.5 Å². The number of nitrogens with zero attached hydrogens (tertiary/aromatic N) is 2. The van der Waals surface area contributed by atoms with Crippen molar-refractivity contribution in [3.63, 3.8) is 0 Å². The maximum Gasteiger partial charge on any atom is 0.276 e. The van der Waals surface area contributed by atoms with E-state index in [1.54, 1.807) is 14.2 Å². The van der Waals surface area contributed by atoms with Gasteiger partial charge in [-0.1, -0.05) is 32.0 Å². The molecule has 1 aromatic carbocycles. The third-order valence-electron chi connectivity index (χ3n) is 6.77. The van der Waals surface area contributed by atoms with Crippen molar-refractivity contribution in [2.75, 3.05) is 20.8 Å². The van der Waals surface area contributed by atoms with E-state index in [0.717, 1.165) is 55.5 Å². The van der Waals surface area contributed by atoms with Gasteiger partial charge < -0.3 is 18.9 Å². The average molecular weight is 413 g/mol. The summed E-state index contributed by atoms with van der Waals surface area (Å²) in [6.07, 6.45) is 4.69. The predicted octanol–water partition coefficient (Wildman–Crippen LogP) is 4.82. The second-order valence-electron chi connectivity index (χ2n) is 9.51. The lowest BCUT2D eigenvalue weighted by atomic mass is 9.71. The highest BCUT2D eigenvalue weighted by atomic mass is 16.5. The predicted molar refractivity (Wildman–Crippen MR) is 114 cm³/mol. The molecule has 1 amide bonds. The Hall–Kier alpha value is -2.50. The van der Waals surface area contributed by atoms with Gasteiger partial charge in [0.05, 0.1) is 20.3 Å². The van der Waals surface area contributed by atoms with E-state index in [9.17, 15) is 4.79 Å². The van der Waals surface area contributed by atoms with Gasteiger partial charge in [-0.15, -0.1) is 0 Å². The molecular weight excluding hydrogens is 380 g/mol. The lowest BCUT2D eigenvalue weighted by Gasteiger charge is -2.33. The van der Waals surface area contributed by atoms with Gasteiger partial charge in [0.15, 0.2) is 17.2 Å². The summed E-state index contributed by atoms with van der Waals surface area (Å²) in [6.45, 7) is 7.53. The first kappa shape index (κ1) is 20.8. The fourth-order valence-electron chi connectivity index (χ4n) is 4.86. The summed E-state index contributed by atoms with van der Waals surface area (Å²) in [4.78, 5) is 15.5. The Bertz CT molecular complexity index is 928. The Morgan fingerprint density at radius 2 is 1.93 bits per heavy atom. The minimum atomic E-state index is -0.0214. The fraction of sp³-hybridized carbons (Fsp3) is 0.583. The molecule has 2 heterocycles. The number of ether oxygens (including phenoxy) is 2. The molecule has 1 aliphatic heterocycles. The second-order valence-corrected chi connectivity index (χ2v) is 9.51. The number of likely N-dealkylation sites (tertiary alicyclic amines) is 1. The standard InChI is InChI=1S/C24H32N2O4/c1-24(2,3)16-9-11-19-17(14-16)22(25-30-19)23(27)26-12-6-7-18(26)15-8-10-20(28-4)21(13-15)29-5/h8,10,13,16,18H,6-7,9,11-12,14H2,1-5H3. The van der Waals surface area contributed by atoms with E-state index in [-0.39, 0.29) is 17.4 Å². The van der Waals surface area contributed by atoms with E-state index in [1.807, 2.05) is 23.1 Å². The van der Waals surface area contributed by atoms with E-state index >= 15 is 0 Å². The molecule has 30 heavy (non-hydrogen) atoms. The van der Waals surface area contributed by atoms with Crippen LogP contribution >= 0.6 is 0 Å². The molecule has 6 heteroatoms. The molecule has 2 unspecified atom stereocenters. The molecule has 1 aromatic heterocycles. The summed E-state index contributed by atoms with van der Waals surface area (Å²) < 4.78 is 16.4. The molecule has 162 valence electrons. The van der Waals surface area contributed by atoms with Gasteiger partial charge >= 0.3 is 0 Å². The molecule has 0 spiro atoms. The molecule has 0 radical (unpaired) electrons. The number of carbonyl (C=O) groups is 1. The summed E-state index contributed by atoms with van der Waals surface area (Å²) in [5.41, 5.74) is 2.78. The van der Waals surface area contributed by atoms with Gasteiger partial charge in [-0.25, -0.2) is 0 Å². The molecule has 1 aliphatic carbocycles. The van der Waals surface area contributed by atoms with Crippen molar-refractivity contribution in [3.8, 4) is 11.5 Å².